The van der Waals surface area contributed by atoms with Gasteiger partial charge in [0.1, 0.15) is 5.82 Å². The fourth-order valence-electron chi connectivity index (χ4n) is 3.29. The lowest BCUT2D eigenvalue weighted by atomic mass is 10.0. The summed E-state index contributed by atoms with van der Waals surface area (Å²) in [5.41, 5.74) is 0.593. The highest BCUT2D eigenvalue weighted by Gasteiger charge is 2.27. The number of nitrogens with one attached hydrogen (secondary N) is 2. The highest BCUT2D eigenvalue weighted by Crippen LogP contribution is 2.17. The molecule has 1 aliphatic rings. The molecule has 0 aromatic heterocycles. The average Bonchev–Trinajstić information content (AvgIpc) is 2.71. The van der Waals surface area contributed by atoms with Crippen LogP contribution in [0.1, 0.15) is 30.1 Å². The zero-order chi connectivity index (χ0) is 21.0. The molecule has 3 rings (SSSR count). The van der Waals surface area contributed by atoms with Gasteiger partial charge >= 0.3 is 0 Å². The number of carbonyl (C=O) groups excluding carboxylic acids is 2. The van der Waals surface area contributed by atoms with Crippen LogP contribution in [0.25, 0.3) is 0 Å². The van der Waals surface area contributed by atoms with Crippen LogP contribution in [0.15, 0.2) is 42.5 Å². The van der Waals surface area contributed by atoms with Gasteiger partial charge in [0.05, 0.1) is 6.04 Å². The lowest BCUT2D eigenvalue weighted by Crippen LogP contribution is -2.50. The fourth-order valence-corrected chi connectivity index (χ4v) is 3.29. The number of piperidine rings is 1. The Morgan fingerprint density at radius 1 is 1.00 bits per heavy atom. The van der Waals surface area contributed by atoms with E-state index < -0.39 is 23.5 Å². The van der Waals surface area contributed by atoms with E-state index in [9.17, 15) is 22.8 Å². The third-order valence-corrected chi connectivity index (χ3v) is 5.09. The molecule has 1 unspecified atom stereocenters. The van der Waals surface area contributed by atoms with Crippen LogP contribution in [0.2, 0.25) is 0 Å². The predicted octanol–water partition coefficient (Wildman–Crippen LogP) is 3.33. The summed E-state index contributed by atoms with van der Waals surface area (Å²) in [6.07, 6.45) is 1.32. The first-order valence-corrected chi connectivity index (χ1v) is 9.40. The second-order valence-electron chi connectivity index (χ2n) is 7.08. The molecule has 2 N–H and O–H groups in total. The molecule has 2 aromatic carbocycles. The summed E-state index contributed by atoms with van der Waals surface area (Å²) in [5, 5.41) is 5.52. The van der Waals surface area contributed by atoms with Gasteiger partial charge in [-0.15, -0.1) is 0 Å². The van der Waals surface area contributed by atoms with E-state index in [1.807, 2.05) is 4.90 Å². The molecule has 2 aromatic rings. The summed E-state index contributed by atoms with van der Waals surface area (Å²) in [5.74, 6) is -2.96. The standard InChI is InChI=1S/C21H22F3N3O2/c1-13(20(28)26-17-6-7-18(23)19(24)12-17)27-10-8-16(9-11-27)25-21(29)14-2-4-15(22)5-3-14/h2-7,12-13,16H,8-11H2,1H3,(H,25,29)(H,26,28). The first kappa shape index (κ1) is 20.9. The zero-order valence-electron chi connectivity index (χ0n) is 15.9. The summed E-state index contributed by atoms with van der Waals surface area (Å²) in [6.45, 7) is 2.94. The Kier molecular flexibility index (Phi) is 6.53. The van der Waals surface area contributed by atoms with Crippen LogP contribution in [0, 0.1) is 17.5 Å². The lowest BCUT2D eigenvalue weighted by Gasteiger charge is -2.35. The van der Waals surface area contributed by atoms with Gasteiger partial charge in [-0.1, -0.05) is 0 Å². The first-order valence-electron chi connectivity index (χ1n) is 9.40. The van der Waals surface area contributed by atoms with Crippen LogP contribution in [0.4, 0.5) is 18.9 Å². The molecule has 29 heavy (non-hydrogen) atoms. The summed E-state index contributed by atoms with van der Waals surface area (Å²) in [4.78, 5) is 26.6. The van der Waals surface area contributed by atoms with E-state index in [1.54, 1.807) is 6.92 Å². The number of rotatable bonds is 5. The number of anilines is 1. The second kappa shape index (κ2) is 9.09. The summed E-state index contributed by atoms with van der Waals surface area (Å²) >= 11 is 0. The Morgan fingerprint density at radius 2 is 1.66 bits per heavy atom. The first-order chi connectivity index (χ1) is 13.8. The van der Waals surface area contributed by atoms with Gasteiger partial charge in [0, 0.05) is 36.4 Å². The van der Waals surface area contributed by atoms with Gasteiger partial charge < -0.3 is 10.6 Å². The number of nitrogens with zero attached hydrogens (tertiary/aromatic N) is 1. The number of carbonyl (C=O) groups is 2. The molecule has 0 bridgehead atoms. The number of halogens is 3. The molecule has 5 nitrogen and oxygen atoms in total. The lowest BCUT2D eigenvalue weighted by molar-refractivity contribution is -0.121. The van der Waals surface area contributed by atoms with Gasteiger partial charge in [-0.05, 0) is 56.2 Å². The largest absolute Gasteiger partial charge is 0.349 e. The fraction of sp³-hybridized carbons (Fsp3) is 0.333. The van der Waals surface area contributed by atoms with E-state index in [1.165, 1.54) is 30.3 Å². The van der Waals surface area contributed by atoms with Gasteiger partial charge in [0.15, 0.2) is 11.6 Å². The van der Waals surface area contributed by atoms with Gasteiger partial charge in [-0.2, -0.15) is 0 Å². The average molecular weight is 405 g/mol. The van der Waals surface area contributed by atoms with Crippen LogP contribution >= 0.6 is 0 Å². The van der Waals surface area contributed by atoms with Crippen LogP contribution in [0.5, 0.6) is 0 Å². The normalized spacial score (nSPS) is 16.3. The Morgan fingerprint density at radius 3 is 2.28 bits per heavy atom. The van der Waals surface area contributed by atoms with Crippen molar-refractivity contribution in [3.05, 3.63) is 65.5 Å². The molecule has 8 heteroatoms. The van der Waals surface area contributed by atoms with Crippen molar-refractivity contribution >= 4 is 17.5 Å². The van der Waals surface area contributed by atoms with Crippen LogP contribution < -0.4 is 10.6 Å². The Hall–Kier alpha value is -2.87. The van der Waals surface area contributed by atoms with Crippen molar-refractivity contribution in [1.29, 1.82) is 0 Å². The monoisotopic (exact) mass is 405 g/mol. The van der Waals surface area contributed by atoms with Crippen molar-refractivity contribution in [2.75, 3.05) is 18.4 Å². The number of hydrogen-bond donors (Lipinski definition) is 2. The molecule has 1 aliphatic heterocycles. The number of hydrogen-bond acceptors (Lipinski definition) is 3. The smallest absolute Gasteiger partial charge is 0.251 e. The Balaban J connectivity index is 1.49. The molecule has 1 fully saturated rings. The quantitative estimate of drug-likeness (QED) is 0.802. The minimum atomic E-state index is -1.02. The van der Waals surface area contributed by atoms with Crippen molar-refractivity contribution < 1.29 is 22.8 Å². The maximum absolute atomic E-state index is 13.3. The molecule has 1 atom stereocenters. The molecule has 0 aliphatic carbocycles. The second-order valence-corrected chi connectivity index (χ2v) is 7.08. The molecule has 1 saturated heterocycles. The van der Waals surface area contributed by atoms with Gasteiger partial charge in [0.25, 0.3) is 5.91 Å². The molecular weight excluding hydrogens is 383 g/mol. The van der Waals surface area contributed by atoms with Crippen LogP contribution in [0.3, 0.4) is 0 Å². The highest BCUT2D eigenvalue weighted by atomic mass is 19.2. The minimum absolute atomic E-state index is 0.0368. The van der Waals surface area contributed by atoms with Crippen molar-refractivity contribution in [2.45, 2.75) is 31.8 Å². The SMILES string of the molecule is CC(C(=O)Nc1ccc(F)c(F)c1)N1CCC(NC(=O)c2ccc(F)cc2)CC1. The zero-order valence-corrected chi connectivity index (χ0v) is 15.9. The van der Waals surface area contributed by atoms with E-state index >= 15 is 0 Å². The van der Waals surface area contributed by atoms with E-state index in [0.29, 0.717) is 31.5 Å². The highest BCUT2D eigenvalue weighted by molar-refractivity contribution is 5.95. The van der Waals surface area contributed by atoms with E-state index in [-0.39, 0.29) is 23.5 Å². The molecule has 0 saturated carbocycles. The molecule has 1 heterocycles. The summed E-state index contributed by atoms with van der Waals surface area (Å²) in [6, 6.07) is 8.06. The van der Waals surface area contributed by atoms with Crippen molar-refractivity contribution in [1.82, 2.24) is 10.2 Å². The summed E-state index contributed by atoms with van der Waals surface area (Å²) in [7, 11) is 0. The molecular formula is C21H22F3N3O2. The maximum Gasteiger partial charge on any atom is 0.251 e. The summed E-state index contributed by atoms with van der Waals surface area (Å²) < 4.78 is 39.2. The van der Waals surface area contributed by atoms with Crippen LogP contribution in [-0.2, 0) is 4.79 Å². The van der Waals surface area contributed by atoms with Crippen molar-refractivity contribution in [3.63, 3.8) is 0 Å². The Labute approximate surface area is 166 Å². The molecule has 0 radical (unpaired) electrons. The topological polar surface area (TPSA) is 61.4 Å². The van der Waals surface area contributed by atoms with Crippen molar-refractivity contribution in [2.24, 2.45) is 0 Å². The number of likely N-dealkylation sites (tertiary alicyclic amines) is 1. The van der Waals surface area contributed by atoms with Gasteiger partial charge in [0.2, 0.25) is 5.91 Å². The van der Waals surface area contributed by atoms with E-state index in [4.69, 9.17) is 0 Å². The number of amides is 2. The third-order valence-electron chi connectivity index (χ3n) is 5.09. The van der Waals surface area contributed by atoms with E-state index in [2.05, 4.69) is 10.6 Å². The maximum atomic E-state index is 13.3. The van der Waals surface area contributed by atoms with Crippen molar-refractivity contribution in [3.8, 4) is 0 Å². The van der Waals surface area contributed by atoms with Gasteiger partial charge in [-0.25, -0.2) is 13.2 Å². The minimum Gasteiger partial charge on any atom is -0.349 e. The molecule has 0 spiro atoms. The Bertz CT molecular complexity index is 881. The number of benzene rings is 2. The van der Waals surface area contributed by atoms with E-state index in [0.717, 1.165) is 12.1 Å². The van der Waals surface area contributed by atoms with Crippen LogP contribution in [-0.4, -0.2) is 41.9 Å². The van der Waals surface area contributed by atoms with Gasteiger partial charge in [-0.3, -0.25) is 14.5 Å². The third kappa shape index (κ3) is 5.35. The predicted molar refractivity (Wildman–Crippen MR) is 103 cm³/mol. The molecule has 154 valence electrons. The molecule has 2 amide bonds.